The van der Waals surface area contributed by atoms with Crippen LogP contribution in [0.15, 0.2) is 71.6 Å². The molecule has 3 aromatic rings. The van der Waals surface area contributed by atoms with Gasteiger partial charge in [-0.3, -0.25) is 4.79 Å². The van der Waals surface area contributed by atoms with E-state index in [0.717, 1.165) is 11.1 Å². The van der Waals surface area contributed by atoms with Crippen molar-refractivity contribution in [1.82, 2.24) is 9.62 Å². The van der Waals surface area contributed by atoms with Crippen LogP contribution in [0.3, 0.4) is 0 Å². The highest BCUT2D eigenvalue weighted by Crippen LogP contribution is 2.28. The van der Waals surface area contributed by atoms with Crippen LogP contribution in [0.25, 0.3) is 0 Å². The Morgan fingerprint density at radius 3 is 2.64 bits per heavy atom. The number of sulfonamides is 1. The number of amides is 1. The summed E-state index contributed by atoms with van der Waals surface area (Å²) < 4.78 is 38.8. The molecule has 33 heavy (non-hydrogen) atoms. The Morgan fingerprint density at radius 2 is 1.88 bits per heavy atom. The Hall–Kier alpha value is -3.36. The Bertz CT molecular complexity index is 1260. The summed E-state index contributed by atoms with van der Waals surface area (Å²) in [4.78, 5) is 12.9. The molecule has 1 amide bonds. The van der Waals surface area contributed by atoms with Gasteiger partial charge in [0.05, 0.1) is 12.0 Å². The third-order valence-electron chi connectivity index (χ3n) is 5.52. The number of carbonyl (C=O) groups excluding carboxylic acids is 1. The lowest BCUT2D eigenvalue weighted by molar-refractivity contribution is 0.0950. The van der Waals surface area contributed by atoms with E-state index >= 15 is 0 Å². The lowest BCUT2D eigenvalue weighted by atomic mass is 10.1. The Morgan fingerprint density at radius 1 is 1.09 bits per heavy atom. The van der Waals surface area contributed by atoms with Crippen molar-refractivity contribution in [3.05, 3.63) is 89.0 Å². The maximum atomic E-state index is 13.3. The first-order valence-corrected chi connectivity index (χ1v) is 12.0. The lowest BCUT2D eigenvalue weighted by Crippen LogP contribution is -2.32. The fourth-order valence-corrected chi connectivity index (χ4v) is 5.06. The number of nitrogens with zero attached hydrogens (tertiary/aromatic N) is 1. The number of methoxy groups -OCH3 is 1. The van der Waals surface area contributed by atoms with Gasteiger partial charge in [-0.05, 0) is 42.8 Å². The van der Waals surface area contributed by atoms with Crippen molar-refractivity contribution in [2.24, 2.45) is 0 Å². The first-order chi connectivity index (χ1) is 15.9. The van der Waals surface area contributed by atoms with E-state index in [1.807, 2.05) is 31.2 Å². The predicted octanol–water partition coefficient (Wildman–Crippen LogP) is 3.52. The number of carbonyl (C=O) groups is 1. The number of benzene rings is 3. The molecule has 0 spiro atoms. The number of fused-ring (bicyclic) bond motifs is 1. The van der Waals surface area contributed by atoms with Crippen molar-refractivity contribution in [2.45, 2.75) is 24.9 Å². The summed E-state index contributed by atoms with van der Waals surface area (Å²) in [5.41, 5.74) is 3.25. The summed E-state index contributed by atoms with van der Waals surface area (Å²) >= 11 is 0. The summed E-state index contributed by atoms with van der Waals surface area (Å²) in [6, 6.07) is 19.4. The van der Waals surface area contributed by atoms with E-state index < -0.39 is 10.0 Å². The zero-order valence-corrected chi connectivity index (χ0v) is 19.4. The molecule has 0 radical (unpaired) electrons. The molecule has 1 heterocycles. The molecule has 0 fully saturated rings. The van der Waals surface area contributed by atoms with Gasteiger partial charge < -0.3 is 14.8 Å². The molecule has 4 rings (SSSR count). The highest BCUT2D eigenvalue weighted by molar-refractivity contribution is 7.89. The summed E-state index contributed by atoms with van der Waals surface area (Å²) in [6.45, 7) is 2.94. The van der Waals surface area contributed by atoms with Crippen molar-refractivity contribution in [2.75, 3.05) is 20.3 Å². The first-order valence-electron chi connectivity index (χ1n) is 10.6. The molecule has 0 aliphatic carbocycles. The number of aryl methyl sites for hydroxylation is 1. The number of nitrogens with one attached hydrogen (secondary N) is 1. The second kappa shape index (κ2) is 9.64. The van der Waals surface area contributed by atoms with Crippen LogP contribution in [-0.2, 0) is 23.1 Å². The average molecular weight is 467 g/mol. The second-order valence-electron chi connectivity index (χ2n) is 7.86. The lowest BCUT2D eigenvalue weighted by Gasteiger charge is -2.20. The minimum Gasteiger partial charge on any atom is -0.497 e. The van der Waals surface area contributed by atoms with Crippen molar-refractivity contribution >= 4 is 15.9 Å². The molecule has 1 N–H and O–H groups in total. The third-order valence-corrected chi connectivity index (χ3v) is 7.36. The molecule has 0 atom stereocenters. The molecule has 3 aromatic carbocycles. The Labute approximate surface area is 194 Å². The number of hydrogen-bond acceptors (Lipinski definition) is 5. The number of hydrogen-bond donors (Lipinski definition) is 1. The van der Waals surface area contributed by atoms with E-state index in [9.17, 15) is 13.2 Å². The van der Waals surface area contributed by atoms with Gasteiger partial charge in [0.25, 0.3) is 5.91 Å². The van der Waals surface area contributed by atoms with Crippen molar-refractivity contribution in [3.63, 3.8) is 0 Å². The highest BCUT2D eigenvalue weighted by Gasteiger charge is 2.28. The van der Waals surface area contributed by atoms with E-state index in [4.69, 9.17) is 9.47 Å². The average Bonchev–Trinajstić information content (AvgIpc) is 3.06. The zero-order chi connectivity index (χ0) is 23.4. The van der Waals surface area contributed by atoms with Gasteiger partial charge in [-0.25, -0.2) is 8.42 Å². The van der Waals surface area contributed by atoms with Crippen LogP contribution >= 0.6 is 0 Å². The van der Waals surface area contributed by atoms with Gasteiger partial charge in [0, 0.05) is 36.8 Å². The Balaban J connectivity index is 1.53. The molecule has 8 heteroatoms. The summed E-state index contributed by atoms with van der Waals surface area (Å²) in [5, 5.41) is 2.91. The molecule has 0 aromatic heterocycles. The van der Waals surface area contributed by atoms with Crippen molar-refractivity contribution < 1.29 is 22.7 Å². The minimum absolute atomic E-state index is 0.105. The summed E-state index contributed by atoms with van der Waals surface area (Å²) in [7, 11) is -2.28. The van der Waals surface area contributed by atoms with Crippen LogP contribution < -0.4 is 14.8 Å². The smallest absolute Gasteiger partial charge is 0.251 e. The SMILES string of the molecule is COc1cccc(S(=O)(=O)N2CCOc3ccc(C(=O)NCc4ccc(C)cc4)cc3C2)c1. The van der Waals surface area contributed by atoms with Gasteiger partial charge >= 0.3 is 0 Å². The topological polar surface area (TPSA) is 84.9 Å². The largest absolute Gasteiger partial charge is 0.497 e. The van der Waals surface area contributed by atoms with E-state index in [1.54, 1.807) is 36.4 Å². The fraction of sp³-hybridized carbons (Fsp3) is 0.240. The third kappa shape index (κ3) is 5.18. The van der Waals surface area contributed by atoms with Gasteiger partial charge in [0.2, 0.25) is 10.0 Å². The molecule has 0 saturated carbocycles. The maximum Gasteiger partial charge on any atom is 0.251 e. The molecular formula is C25H26N2O5S. The van der Waals surface area contributed by atoms with E-state index in [2.05, 4.69) is 5.32 Å². The monoisotopic (exact) mass is 466 g/mol. The summed E-state index contributed by atoms with van der Waals surface area (Å²) in [6.07, 6.45) is 0. The predicted molar refractivity (Wildman–Crippen MR) is 125 cm³/mol. The normalized spacial score (nSPS) is 14.0. The van der Waals surface area contributed by atoms with Crippen molar-refractivity contribution in [1.29, 1.82) is 0 Å². The van der Waals surface area contributed by atoms with Crippen LogP contribution in [-0.4, -0.2) is 38.9 Å². The van der Waals surface area contributed by atoms with Gasteiger partial charge in [-0.15, -0.1) is 0 Å². The fourth-order valence-electron chi connectivity index (χ4n) is 3.62. The molecular weight excluding hydrogens is 440 g/mol. The van der Waals surface area contributed by atoms with Crippen LogP contribution in [0.5, 0.6) is 11.5 Å². The molecule has 0 unspecified atom stereocenters. The minimum atomic E-state index is -3.77. The van der Waals surface area contributed by atoms with E-state index in [-0.39, 0.29) is 30.5 Å². The standard InChI is InChI=1S/C25H26N2O5S/c1-18-6-8-19(9-7-18)16-26-25(28)20-10-11-24-21(14-20)17-27(12-13-32-24)33(29,30)23-5-3-4-22(15-23)31-2/h3-11,14-15H,12-13,16-17H2,1-2H3,(H,26,28). The van der Waals surface area contributed by atoms with Gasteiger partial charge in [-0.1, -0.05) is 35.9 Å². The highest BCUT2D eigenvalue weighted by atomic mass is 32.2. The number of rotatable bonds is 6. The van der Waals surface area contributed by atoms with E-state index in [0.29, 0.717) is 29.2 Å². The maximum absolute atomic E-state index is 13.3. The van der Waals surface area contributed by atoms with Crippen LogP contribution in [0.4, 0.5) is 0 Å². The molecule has 172 valence electrons. The molecule has 1 aliphatic heterocycles. The van der Waals surface area contributed by atoms with Crippen LogP contribution in [0.1, 0.15) is 27.0 Å². The first kappa shape index (κ1) is 22.8. The molecule has 1 aliphatic rings. The summed E-state index contributed by atoms with van der Waals surface area (Å²) in [5.74, 6) is 0.813. The quantitative estimate of drug-likeness (QED) is 0.601. The zero-order valence-electron chi connectivity index (χ0n) is 18.6. The van der Waals surface area contributed by atoms with Gasteiger partial charge in [0.1, 0.15) is 18.1 Å². The van der Waals surface area contributed by atoms with Crippen molar-refractivity contribution in [3.8, 4) is 11.5 Å². The molecule has 0 saturated heterocycles. The molecule has 7 nitrogen and oxygen atoms in total. The van der Waals surface area contributed by atoms with Gasteiger partial charge in [-0.2, -0.15) is 4.31 Å². The molecule has 0 bridgehead atoms. The number of ether oxygens (including phenoxy) is 2. The second-order valence-corrected chi connectivity index (χ2v) is 9.79. The van der Waals surface area contributed by atoms with Gasteiger partial charge in [0.15, 0.2) is 0 Å². The van der Waals surface area contributed by atoms with Crippen LogP contribution in [0.2, 0.25) is 0 Å². The van der Waals surface area contributed by atoms with E-state index in [1.165, 1.54) is 17.5 Å². The van der Waals surface area contributed by atoms with Crippen LogP contribution in [0, 0.1) is 6.92 Å². The Kier molecular flexibility index (Phi) is 6.67.